The predicted octanol–water partition coefficient (Wildman–Crippen LogP) is 7.62. The van der Waals surface area contributed by atoms with E-state index in [1.807, 2.05) is 36.4 Å². The summed E-state index contributed by atoms with van der Waals surface area (Å²) in [6, 6.07) is 15.1. The van der Waals surface area contributed by atoms with Crippen molar-refractivity contribution in [1.29, 1.82) is 0 Å². The number of unbranched alkanes of at least 4 members (excludes halogenated alkanes) is 3. The summed E-state index contributed by atoms with van der Waals surface area (Å²) in [6.45, 7) is 8.82. The van der Waals surface area contributed by atoms with Crippen LogP contribution in [0.5, 0.6) is 11.5 Å². The van der Waals surface area contributed by atoms with Crippen molar-refractivity contribution in [2.24, 2.45) is 5.92 Å². The second-order valence-corrected chi connectivity index (χ2v) is 8.39. The van der Waals surface area contributed by atoms with E-state index in [2.05, 4.69) is 27.7 Å². The van der Waals surface area contributed by atoms with Gasteiger partial charge in [0.05, 0.1) is 11.7 Å². The van der Waals surface area contributed by atoms with Crippen LogP contribution in [0.3, 0.4) is 0 Å². The van der Waals surface area contributed by atoms with Crippen LogP contribution in [-0.2, 0) is 6.42 Å². The normalized spacial score (nSPS) is 12.9. The zero-order chi connectivity index (χ0) is 21.8. The molecule has 1 unspecified atom stereocenters. The largest absolute Gasteiger partial charge is 0.491 e. The van der Waals surface area contributed by atoms with Crippen molar-refractivity contribution in [3.63, 3.8) is 0 Å². The molecule has 30 heavy (non-hydrogen) atoms. The van der Waals surface area contributed by atoms with Crippen LogP contribution < -0.4 is 9.47 Å². The van der Waals surface area contributed by atoms with Gasteiger partial charge in [0.1, 0.15) is 11.5 Å². The molecule has 2 atom stereocenters. The van der Waals surface area contributed by atoms with Crippen molar-refractivity contribution in [2.75, 3.05) is 0 Å². The van der Waals surface area contributed by atoms with Crippen LogP contribution in [0.4, 0.5) is 0 Å². The van der Waals surface area contributed by atoms with Gasteiger partial charge in [-0.3, -0.25) is 0 Å². The van der Waals surface area contributed by atoms with Gasteiger partial charge in [0, 0.05) is 0 Å². The Labute approximate surface area is 182 Å². The van der Waals surface area contributed by atoms with E-state index >= 15 is 0 Å². The van der Waals surface area contributed by atoms with Gasteiger partial charge in [-0.05, 0) is 80.5 Å². The van der Waals surface area contributed by atoms with Crippen molar-refractivity contribution < 1.29 is 14.3 Å². The summed E-state index contributed by atoms with van der Waals surface area (Å²) in [5.74, 6) is 1.76. The van der Waals surface area contributed by atoms with Crippen LogP contribution in [0.2, 0.25) is 0 Å². The molecule has 0 aliphatic rings. The minimum atomic E-state index is -0.346. The molecule has 0 N–H and O–H groups in total. The van der Waals surface area contributed by atoms with Crippen LogP contribution in [-0.4, -0.2) is 12.1 Å². The first-order chi connectivity index (χ1) is 14.5. The first kappa shape index (κ1) is 24.0. The summed E-state index contributed by atoms with van der Waals surface area (Å²) in [4.78, 5) is 12.4. The molecule has 164 valence electrons. The Morgan fingerprint density at radius 1 is 0.833 bits per heavy atom. The molecule has 0 heterocycles. The highest BCUT2D eigenvalue weighted by atomic mass is 16.5. The van der Waals surface area contributed by atoms with Crippen molar-refractivity contribution in [3.8, 4) is 11.5 Å². The van der Waals surface area contributed by atoms with Crippen molar-refractivity contribution in [3.05, 3.63) is 59.7 Å². The Bertz CT molecular complexity index is 734. The minimum absolute atomic E-state index is 0.179. The SMILES string of the molecule is CCCCCC[C@@H](C)Oc1ccc(C(=O)Oc2ccc(CCC(C)CC)cc2)cc1. The van der Waals surface area contributed by atoms with Gasteiger partial charge < -0.3 is 9.47 Å². The molecule has 0 bridgehead atoms. The number of ether oxygens (including phenoxy) is 2. The quantitative estimate of drug-likeness (QED) is 0.193. The molecular formula is C27H38O3. The molecule has 3 heteroatoms. The first-order valence-electron chi connectivity index (χ1n) is 11.6. The highest BCUT2D eigenvalue weighted by molar-refractivity contribution is 5.91. The average molecular weight is 411 g/mol. The molecule has 0 radical (unpaired) electrons. The van der Waals surface area contributed by atoms with Crippen molar-refractivity contribution >= 4 is 5.97 Å². The fourth-order valence-electron chi connectivity index (χ4n) is 3.33. The molecule has 3 nitrogen and oxygen atoms in total. The molecule has 0 aliphatic heterocycles. The van der Waals surface area contributed by atoms with E-state index in [0.29, 0.717) is 11.3 Å². The lowest BCUT2D eigenvalue weighted by atomic mass is 9.99. The summed E-state index contributed by atoms with van der Waals surface area (Å²) < 4.78 is 11.5. The van der Waals surface area contributed by atoms with Crippen molar-refractivity contribution in [2.45, 2.75) is 85.2 Å². The smallest absolute Gasteiger partial charge is 0.343 e. The second kappa shape index (κ2) is 13.1. The average Bonchev–Trinajstić information content (AvgIpc) is 2.76. The van der Waals surface area contributed by atoms with Gasteiger partial charge in [-0.2, -0.15) is 0 Å². The molecule has 2 aromatic rings. The first-order valence-corrected chi connectivity index (χ1v) is 11.6. The van der Waals surface area contributed by atoms with E-state index in [0.717, 1.165) is 24.5 Å². The van der Waals surface area contributed by atoms with E-state index < -0.39 is 0 Å². The number of benzene rings is 2. The Kier molecular flexibility index (Phi) is 10.5. The Morgan fingerprint density at radius 2 is 1.50 bits per heavy atom. The highest BCUT2D eigenvalue weighted by Gasteiger charge is 2.10. The molecule has 0 fully saturated rings. The minimum Gasteiger partial charge on any atom is -0.491 e. The van der Waals surface area contributed by atoms with Gasteiger partial charge >= 0.3 is 5.97 Å². The Hall–Kier alpha value is -2.29. The van der Waals surface area contributed by atoms with Crippen LogP contribution in [0.1, 0.15) is 88.6 Å². The van der Waals surface area contributed by atoms with Gasteiger partial charge in [-0.25, -0.2) is 4.79 Å². The lowest BCUT2D eigenvalue weighted by Crippen LogP contribution is -2.12. The maximum absolute atomic E-state index is 12.4. The predicted molar refractivity (Wildman–Crippen MR) is 124 cm³/mol. The van der Waals surface area contributed by atoms with E-state index in [1.54, 1.807) is 12.1 Å². The number of carbonyl (C=O) groups is 1. The molecule has 0 saturated heterocycles. The molecule has 2 rings (SSSR count). The van der Waals surface area contributed by atoms with Crippen LogP contribution >= 0.6 is 0 Å². The number of hydrogen-bond donors (Lipinski definition) is 0. The molecular weight excluding hydrogens is 372 g/mol. The number of esters is 1. The van der Waals surface area contributed by atoms with Gasteiger partial charge in [-0.1, -0.05) is 58.6 Å². The van der Waals surface area contributed by atoms with Gasteiger partial charge in [0.2, 0.25) is 0 Å². The monoisotopic (exact) mass is 410 g/mol. The number of rotatable bonds is 13. The van der Waals surface area contributed by atoms with E-state index in [4.69, 9.17) is 9.47 Å². The summed E-state index contributed by atoms with van der Waals surface area (Å²) in [5.41, 5.74) is 1.80. The molecule has 0 saturated carbocycles. The van der Waals surface area contributed by atoms with Gasteiger partial charge in [0.15, 0.2) is 0 Å². The lowest BCUT2D eigenvalue weighted by molar-refractivity contribution is 0.0734. The number of hydrogen-bond acceptors (Lipinski definition) is 3. The van der Waals surface area contributed by atoms with Gasteiger partial charge in [0.25, 0.3) is 0 Å². The molecule has 0 aliphatic carbocycles. The Morgan fingerprint density at radius 3 is 2.13 bits per heavy atom. The zero-order valence-electron chi connectivity index (χ0n) is 19.2. The van der Waals surface area contributed by atoms with Crippen molar-refractivity contribution in [1.82, 2.24) is 0 Å². The summed E-state index contributed by atoms with van der Waals surface area (Å²) in [6.07, 6.45) is 9.65. The van der Waals surface area contributed by atoms with Crippen LogP contribution in [0.25, 0.3) is 0 Å². The topological polar surface area (TPSA) is 35.5 Å². The van der Waals surface area contributed by atoms with E-state index in [-0.39, 0.29) is 12.1 Å². The number of aryl methyl sites for hydroxylation is 1. The zero-order valence-corrected chi connectivity index (χ0v) is 19.2. The standard InChI is InChI=1S/C27H38O3/c1-5-7-8-9-10-22(4)29-25-19-15-24(16-20-25)27(28)30-26-17-13-23(14-18-26)12-11-21(3)6-2/h13-22H,5-12H2,1-4H3/t21?,22-/m1/s1. The molecule has 0 spiro atoms. The summed E-state index contributed by atoms with van der Waals surface area (Å²) >= 11 is 0. The van der Waals surface area contributed by atoms with Gasteiger partial charge in [-0.15, -0.1) is 0 Å². The third-order valence-corrected chi connectivity index (χ3v) is 5.65. The Balaban J connectivity index is 1.81. The number of carbonyl (C=O) groups excluding carboxylic acids is 1. The van der Waals surface area contributed by atoms with Crippen LogP contribution in [0, 0.1) is 5.92 Å². The molecule has 0 aromatic heterocycles. The summed E-state index contributed by atoms with van der Waals surface area (Å²) in [7, 11) is 0. The second-order valence-electron chi connectivity index (χ2n) is 8.39. The molecule has 2 aromatic carbocycles. The lowest BCUT2D eigenvalue weighted by Gasteiger charge is -2.15. The molecule has 0 amide bonds. The third kappa shape index (κ3) is 8.61. The fraction of sp³-hybridized carbons (Fsp3) is 0.519. The van der Waals surface area contributed by atoms with Crippen LogP contribution in [0.15, 0.2) is 48.5 Å². The highest BCUT2D eigenvalue weighted by Crippen LogP contribution is 2.20. The summed E-state index contributed by atoms with van der Waals surface area (Å²) in [5, 5.41) is 0. The maximum atomic E-state index is 12.4. The fourth-order valence-corrected chi connectivity index (χ4v) is 3.33. The maximum Gasteiger partial charge on any atom is 0.343 e. The van der Waals surface area contributed by atoms with E-state index in [9.17, 15) is 4.79 Å². The third-order valence-electron chi connectivity index (χ3n) is 5.65. The van der Waals surface area contributed by atoms with E-state index in [1.165, 1.54) is 44.1 Å².